The number of H-pyrrole nitrogens is 1. The molecule has 5 heteroatoms. The van der Waals surface area contributed by atoms with Gasteiger partial charge in [0.15, 0.2) is 11.5 Å². The van der Waals surface area contributed by atoms with Crippen LogP contribution in [-0.2, 0) is 4.79 Å². The molecule has 0 spiro atoms. The van der Waals surface area contributed by atoms with Crippen molar-refractivity contribution in [3.8, 4) is 11.5 Å². The van der Waals surface area contributed by atoms with Gasteiger partial charge in [-0.3, -0.25) is 4.79 Å². The normalized spacial score (nSPS) is 16.8. The van der Waals surface area contributed by atoms with E-state index in [1.165, 1.54) is 0 Å². The fourth-order valence-corrected chi connectivity index (χ4v) is 4.34. The number of aromatic nitrogens is 1. The van der Waals surface area contributed by atoms with Gasteiger partial charge in [0.25, 0.3) is 0 Å². The molecular weight excluding hydrogens is 388 g/mol. The van der Waals surface area contributed by atoms with Gasteiger partial charge in [-0.15, -0.1) is 0 Å². The summed E-state index contributed by atoms with van der Waals surface area (Å²) >= 11 is 0. The highest BCUT2D eigenvalue weighted by molar-refractivity contribution is 5.84. The molecule has 0 fully saturated rings. The summed E-state index contributed by atoms with van der Waals surface area (Å²) in [5.74, 6) is 1.61. The van der Waals surface area contributed by atoms with Gasteiger partial charge in [0.2, 0.25) is 5.91 Å². The van der Waals surface area contributed by atoms with E-state index in [-0.39, 0.29) is 17.7 Å². The number of benzene rings is 2. The SMILES string of the molecule is CCOc1ccc(C(CNC(=O)C2CC=CCC2)c2c[nH]c3ccccc23)cc1OC. The Morgan fingerprint density at radius 2 is 2.06 bits per heavy atom. The minimum atomic E-state index is -0.0104. The molecular formula is C26H30N2O3. The van der Waals surface area contributed by atoms with E-state index in [0.29, 0.717) is 18.9 Å². The lowest BCUT2D eigenvalue weighted by Gasteiger charge is -2.22. The lowest BCUT2D eigenvalue weighted by molar-refractivity contribution is -0.125. The maximum absolute atomic E-state index is 12.8. The number of rotatable bonds is 8. The molecule has 2 atom stereocenters. The molecule has 4 rings (SSSR count). The third-order valence-corrected chi connectivity index (χ3v) is 6.01. The molecule has 0 bridgehead atoms. The van der Waals surface area contributed by atoms with E-state index < -0.39 is 0 Å². The molecule has 1 amide bonds. The first-order valence-electron chi connectivity index (χ1n) is 11.0. The van der Waals surface area contributed by atoms with Crippen LogP contribution in [0.15, 0.2) is 60.8 Å². The van der Waals surface area contributed by atoms with Gasteiger partial charge in [-0.1, -0.05) is 36.4 Å². The minimum absolute atomic E-state index is 0.0104. The highest BCUT2D eigenvalue weighted by Gasteiger charge is 2.23. The van der Waals surface area contributed by atoms with Crippen LogP contribution in [0.1, 0.15) is 43.2 Å². The van der Waals surface area contributed by atoms with Gasteiger partial charge in [0.1, 0.15) is 0 Å². The van der Waals surface area contributed by atoms with E-state index in [2.05, 4.69) is 40.7 Å². The van der Waals surface area contributed by atoms with E-state index in [1.807, 2.05) is 37.4 Å². The summed E-state index contributed by atoms with van der Waals surface area (Å²) < 4.78 is 11.3. The molecule has 2 unspecified atom stereocenters. The highest BCUT2D eigenvalue weighted by Crippen LogP contribution is 2.36. The molecule has 31 heavy (non-hydrogen) atoms. The van der Waals surface area contributed by atoms with E-state index in [1.54, 1.807) is 7.11 Å². The fourth-order valence-electron chi connectivity index (χ4n) is 4.34. The maximum Gasteiger partial charge on any atom is 0.223 e. The Labute approximate surface area is 183 Å². The van der Waals surface area contributed by atoms with Crippen molar-refractivity contribution in [2.75, 3.05) is 20.3 Å². The van der Waals surface area contributed by atoms with Crippen LogP contribution < -0.4 is 14.8 Å². The van der Waals surface area contributed by atoms with Crippen LogP contribution in [0.25, 0.3) is 10.9 Å². The molecule has 2 N–H and O–H groups in total. The summed E-state index contributed by atoms with van der Waals surface area (Å²) in [6, 6.07) is 14.3. The fraction of sp³-hybridized carbons (Fsp3) is 0.346. The first-order valence-corrected chi connectivity index (χ1v) is 11.0. The molecule has 0 saturated carbocycles. The number of amides is 1. The standard InChI is InChI=1S/C26H30N2O3/c1-3-31-24-14-13-19(15-25(24)30-2)21(16-28-26(29)18-9-5-4-6-10-18)22-17-27-23-12-8-7-11-20(22)23/h4-5,7-8,11-15,17-18,21,27H,3,6,9-10,16H2,1-2H3,(H,28,29). The van der Waals surface area contributed by atoms with Gasteiger partial charge in [-0.25, -0.2) is 0 Å². The zero-order valence-corrected chi connectivity index (χ0v) is 18.2. The third kappa shape index (κ3) is 4.61. The Bertz CT molecular complexity index is 1070. The van der Waals surface area contributed by atoms with Crippen LogP contribution in [0.4, 0.5) is 0 Å². The second-order valence-electron chi connectivity index (χ2n) is 7.91. The van der Waals surface area contributed by atoms with Crippen molar-refractivity contribution in [2.24, 2.45) is 5.92 Å². The van der Waals surface area contributed by atoms with Crippen LogP contribution in [-0.4, -0.2) is 31.2 Å². The second kappa shape index (κ2) is 9.73. The molecule has 1 aromatic heterocycles. The number of methoxy groups -OCH3 is 1. The molecule has 1 aliphatic rings. The molecule has 1 heterocycles. The first kappa shape index (κ1) is 21.0. The zero-order chi connectivity index (χ0) is 21.6. The first-order chi connectivity index (χ1) is 15.2. The zero-order valence-electron chi connectivity index (χ0n) is 18.2. The number of carbonyl (C=O) groups excluding carboxylic acids is 1. The van der Waals surface area contributed by atoms with Gasteiger partial charge in [0.05, 0.1) is 13.7 Å². The van der Waals surface area contributed by atoms with Gasteiger partial charge in [-0.05, 0) is 55.5 Å². The second-order valence-corrected chi connectivity index (χ2v) is 7.91. The smallest absolute Gasteiger partial charge is 0.223 e. The van der Waals surface area contributed by atoms with Crippen molar-refractivity contribution in [2.45, 2.75) is 32.1 Å². The minimum Gasteiger partial charge on any atom is -0.493 e. The van der Waals surface area contributed by atoms with E-state index in [0.717, 1.165) is 47.0 Å². The number of hydrogen-bond donors (Lipinski definition) is 2. The number of aromatic amines is 1. The monoisotopic (exact) mass is 418 g/mol. The predicted molar refractivity (Wildman–Crippen MR) is 124 cm³/mol. The topological polar surface area (TPSA) is 63.3 Å². The van der Waals surface area contributed by atoms with E-state index in [9.17, 15) is 4.79 Å². The number of para-hydroxylation sites is 1. The van der Waals surface area contributed by atoms with Crippen molar-refractivity contribution < 1.29 is 14.3 Å². The van der Waals surface area contributed by atoms with Crippen LogP contribution in [0, 0.1) is 5.92 Å². The third-order valence-electron chi connectivity index (χ3n) is 6.01. The van der Waals surface area contributed by atoms with Gasteiger partial charge < -0.3 is 19.8 Å². The quantitative estimate of drug-likeness (QED) is 0.496. The lowest BCUT2D eigenvalue weighted by atomic mass is 9.89. The summed E-state index contributed by atoms with van der Waals surface area (Å²) in [5, 5.41) is 4.38. The lowest BCUT2D eigenvalue weighted by Crippen LogP contribution is -2.34. The number of allylic oxidation sites excluding steroid dienone is 2. The Hall–Kier alpha value is -3.21. The van der Waals surface area contributed by atoms with E-state index in [4.69, 9.17) is 9.47 Å². The summed E-state index contributed by atoms with van der Waals surface area (Å²) in [6.45, 7) is 3.06. The average molecular weight is 419 g/mol. The van der Waals surface area contributed by atoms with E-state index >= 15 is 0 Å². The maximum atomic E-state index is 12.8. The highest BCUT2D eigenvalue weighted by atomic mass is 16.5. The number of carbonyl (C=O) groups is 1. The summed E-state index contributed by atoms with van der Waals surface area (Å²) in [7, 11) is 1.65. The Kier molecular flexibility index (Phi) is 6.60. The van der Waals surface area contributed by atoms with Crippen molar-refractivity contribution >= 4 is 16.8 Å². The number of fused-ring (bicyclic) bond motifs is 1. The molecule has 3 aromatic rings. The van der Waals surface area contributed by atoms with Crippen molar-refractivity contribution in [3.05, 3.63) is 71.9 Å². The predicted octanol–water partition coefficient (Wildman–Crippen LogP) is 5.18. The van der Waals surface area contributed by atoms with Gasteiger partial charge in [-0.2, -0.15) is 0 Å². The van der Waals surface area contributed by atoms with Crippen LogP contribution in [0.3, 0.4) is 0 Å². The van der Waals surface area contributed by atoms with Crippen molar-refractivity contribution in [1.29, 1.82) is 0 Å². The average Bonchev–Trinajstić information content (AvgIpc) is 3.24. The summed E-state index contributed by atoms with van der Waals surface area (Å²) in [6.07, 6.45) is 9.03. The van der Waals surface area contributed by atoms with Crippen LogP contribution >= 0.6 is 0 Å². The number of hydrogen-bond acceptors (Lipinski definition) is 3. The molecule has 5 nitrogen and oxygen atoms in total. The van der Waals surface area contributed by atoms with Crippen LogP contribution in [0.5, 0.6) is 11.5 Å². The molecule has 0 saturated heterocycles. The van der Waals surface area contributed by atoms with Crippen molar-refractivity contribution in [3.63, 3.8) is 0 Å². The summed E-state index contributed by atoms with van der Waals surface area (Å²) in [5.41, 5.74) is 3.32. The Balaban J connectivity index is 1.66. The molecule has 0 radical (unpaired) electrons. The summed E-state index contributed by atoms with van der Waals surface area (Å²) in [4.78, 5) is 16.2. The molecule has 1 aliphatic carbocycles. The Morgan fingerprint density at radius 3 is 2.84 bits per heavy atom. The molecule has 2 aromatic carbocycles. The van der Waals surface area contributed by atoms with Gasteiger partial charge in [0, 0.05) is 35.5 Å². The molecule has 0 aliphatic heterocycles. The molecule has 162 valence electrons. The van der Waals surface area contributed by atoms with Gasteiger partial charge >= 0.3 is 0 Å². The van der Waals surface area contributed by atoms with Crippen molar-refractivity contribution in [1.82, 2.24) is 10.3 Å². The largest absolute Gasteiger partial charge is 0.493 e. The Morgan fingerprint density at radius 1 is 1.19 bits per heavy atom. The number of ether oxygens (including phenoxy) is 2. The van der Waals surface area contributed by atoms with Crippen LogP contribution in [0.2, 0.25) is 0 Å². The number of nitrogens with one attached hydrogen (secondary N) is 2.